The van der Waals surface area contributed by atoms with Gasteiger partial charge in [-0.25, -0.2) is 31.7 Å². The van der Waals surface area contributed by atoms with Gasteiger partial charge in [0.1, 0.15) is 29.8 Å². The predicted molar refractivity (Wildman–Crippen MR) is 134 cm³/mol. The lowest BCUT2D eigenvalue weighted by atomic mass is 9.89. The molecule has 7 nitrogen and oxygen atoms in total. The Hall–Kier alpha value is -2.66. The van der Waals surface area contributed by atoms with Gasteiger partial charge in [0.05, 0.1) is 30.4 Å². The monoisotopic (exact) mass is 521 g/mol. The third-order valence-corrected chi connectivity index (χ3v) is 9.57. The van der Waals surface area contributed by atoms with Gasteiger partial charge >= 0.3 is 0 Å². The molecule has 0 amide bonds. The highest BCUT2D eigenvalue weighted by atomic mass is 32.2. The van der Waals surface area contributed by atoms with E-state index in [2.05, 4.69) is 25.7 Å². The van der Waals surface area contributed by atoms with Crippen LogP contribution in [0.3, 0.4) is 0 Å². The van der Waals surface area contributed by atoms with Crippen molar-refractivity contribution in [2.45, 2.75) is 38.3 Å². The van der Waals surface area contributed by atoms with Crippen LogP contribution in [0.25, 0.3) is 6.08 Å². The molecule has 3 aliphatic rings. The quantitative estimate of drug-likeness (QED) is 0.586. The van der Waals surface area contributed by atoms with Gasteiger partial charge in [-0.2, -0.15) is 0 Å². The Morgan fingerprint density at radius 1 is 1.19 bits per heavy atom. The molecular formula is C25H30F3N5O2S. The maximum atomic E-state index is 14.7. The summed E-state index contributed by atoms with van der Waals surface area (Å²) in [5.74, 6) is 1.77. The first-order valence-electron chi connectivity index (χ1n) is 12.1. The lowest BCUT2D eigenvalue weighted by molar-refractivity contribution is 0.0140. The van der Waals surface area contributed by atoms with E-state index >= 15 is 0 Å². The smallest absolute Gasteiger partial charge is 0.266 e. The largest absolute Gasteiger partial charge is 0.377 e. The number of hydrogen-bond acceptors (Lipinski definition) is 7. The van der Waals surface area contributed by atoms with E-state index in [-0.39, 0.29) is 17.5 Å². The standard InChI is InChI=1S/C25H30F3N5O2S/c1-15(19-4-3-5-20(22(19)26)23(27)28)31-24-21-10-17(11-33(2)25(21)30-14-29-24)16-6-8-36(34,9-7-16)32-18-12-35-13-18/h3-5,10,14-16,18,23H,6-9,11-13H2,1-2H3,(H,29,30,31)/t15-,16?,36?/m1/s1. The van der Waals surface area contributed by atoms with Crippen LogP contribution in [0, 0.1) is 11.7 Å². The summed E-state index contributed by atoms with van der Waals surface area (Å²) in [7, 11) is -0.232. The van der Waals surface area contributed by atoms with Crippen LogP contribution in [-0.4, -0.2) is 58.5 Å². The Kier molecular flexibility index (Phi) is 6.95. The summed E-state index contributed by atoms with van der Waals surface area (Å²) in [5, 5.41) is 3.20. The number of ether oxygens (including phenoxy) is 1. The summed E-state index contributed by atoms with van der Waals surface area (Å²) in [4.78, 5) is 10.9. The first-order chi connectivity index (χ1) is 17.2. The molecule has 0 unspecified atom stereocenters. The zero-order chi connectivity index (χ0) is 25.4. The number of rotatable bonds is 6. The van der Waals surface area contributed by atoms with Gasteiger partial charge in [0.25, 0.3) is 6.43 Å². The minimum atomic E-state index is -2.89. The summed E-state index contributed by atoms with van der Waals surface area (Å²) in [6, 6.07) is 3.51. The van der Waals surface area contributed by atoms with Crippen LogP contribution in [0.1, 0.15) is 48.9 Å². The van der Waals surface area contributed by atoms with Crippen molar-refractivity contribution in [2.24, 2.45) is 10.3 Å². The van der Waals surface area contributed by atoms with Crippen LogP contribution >= 0.6 is 0 Å². The topological polar surface area (TPSA) is 79.7 Å². The molecule has 1 aromatic carbocycles. The third kappa shape index (κ3) is 4.95. The molecule has 1 N–H and O–H groups in total. The molecule has 3 aliphatic heterocycles. The molecule has 2 aromatic rings. The Balaban J connectivity index is 1.38. The van der Waals surface area contributed by atoms with Crippen molar-refractivity contribution in [3.05, 3.63) is 52.6 Å². The molecule has 0 spiro atoms. The van der Waals surface area contributed by atoms with E-state index in [1.165, 1.54) is 24.0 Å². The Morgan fingerprint density at radius 2 is 1.92 bits per heavy atom. The van der Waals surface area contributed by atoms with Crippen molar-refractivity contribution in [3.63, 3.8) is 0 Å². The number of nitrogens with one attached hydrogen (secondary N) is 1. The molecule has 0 radical (unpaired) electrons. The normalized spacial score (nSPS) is 25.1. The van der Waals surface area contributed by atoms with Gasteiger partial charge in [-0.1, -0.05) is 18.2 Å². The second-order valence-electron chi connectivity index (χ2n) is 9.70. The number of likely N-dealkylation sites (N-methyl/N-ethyl adjacent to an activating group) is 1. The van der Waals surface area contributed by atoms with E-state index in [4.69, 9.17) is 4.74 Å². The predicted octanol–water partition coefficient (Wildman–Crippen LogP) is 4.84. The molecule has 194 valence electrons. The summed E-state index contributed by atoms with van der Waals surface area (Å²) in [6.45, 7) is 3.55. The van der Waals surface area contributed by atoms with Gasteiger partial charge in [-0.05, 0) is 37.3 Å². The second-order valence-corrected chi connectivity index (χ2v) is 12.3. The van der Waals surface area contributed by atoms with E-state index < -0.39 is 33.6 Å². The molecule has 1 aromatic heterocycles. The fourth-order valence-electron chi connectivity index (χ4n) is 5.05. The summed E-state index contributed by atoms with van der Waals surface area (Å²) in [6.07, 6.45) is 2.22. The molecule has 1 atom stereocenters. The molecule has 5 rings (SSSR count). The van der Waals surface area contributed by atoms with E-state index in [1.807, 2.05) is 11.9 Å². The lowest BCUT2D eigenvalue weighted by Gasteiger charge is -2.34. The molecular weight excluding hydrogens is 491 g/mol. The van der Waals surface area contributed by atoms with Crippen molar-refractivity contribution in [3.8, 4) is 0 Å². The first-order valence-corrected chi connectivity index (χ1v) is 14.0. The number of hydrogen-bond donors (Lipinski definition) is 1. The zero-order valence-corrected chi connectivity index (χ0v) is 21.1. The maximum absolute atomic E-state index is 14.7. The number of fused-ring (bicyclic) bond motifs is 1. The molecule has 2 saturated heterocycles. The van der Waals surface area contributed by atoms with Crippen LogP contribution in [0.4, 0.5) is 24.8 Å². The Bertz CT molecular complexity index is 1280. The minimum Gasteiger partial charge on any atom is -0.377 e. The molecule has 2 fully saturated rings. The van der Waals surface area contributed by atoms with Crippen molar-refractivity contribution in [1.82, 2.24) is 9.97 Å². The van der Waals surface area contributed by atoms with Gasteiger partial charge in [0.15, 0.2) is 0 Å². The highest BCUT2D eigenvalue weighted by Crippen LogP contribution is 2.38. The van der Waals surface area contributed by atoms with E-state index in [1.54, 1.807) is 6.92 Å². The average Bonchev–Trinajstić information content (AvgIpc) is 2.82. The first kappa shape index (κ1) is 25.0. The van der Waals surface area contributed by atoms with Crippen molar-refractivity contribution < 1.29 is 22.1 Å². The number of anilines is 2. The zero-order valence-electron chi connectivity index (χ0n) is 20.3. The number of aromatic nitrogens is 2. The number of nitrogens with zero attached hydrogens (tertiary/aromatic N) is 4. The minimum absolute atomic E-state index is 0.0694. The highest BCUT2D eigenvalue weighted by Gasteiger charge is 2.31. The molecule has 4 heterocycles. The summed E-state index contributed by atoms with van der Waals surface area (Å²) < 4.78 is 64.0. The average molecular weight is 522 g/mol. The van der Waals surface area contributed by atoms with E-state index in [9.17, 15) is 17.4 Å². The van der Waals surface area contributed by atoms with Gasteiger partial charge < -0.3 is 15.0 Å². The summed E-state index contributed by atoms with van der Waals surface area (Å²) in [5.41, 5.74) is 1.52. The third-order valence-electron chi connectivity index (χ3n) is 7.14. The summed E-state index contributed by atoms with van der Waals surface area (Å²) >= 11 is 0. The van der Waals surface area contributed by atoms with Crippen LogP contribution in [0.15, 0.2) is 34.5 Å². The second kappa shape index (κ2) is 10.0. The van der Waals surface area contributed by atoms with Crippen molar-refractivity contribution in [2.75, 3.05) is 48.5 Å². The lowest BCUT2D eigenvalue weighted by Crippen LogP contribution is -2.36. The van der Waals surface area contributed by atoms with Crippen molar-refractivity contribution >= 4 is 27.4 Å². The van der Waals surface area contributed by atoms with Crippen LogP contribution < -0.4 is 10.2 Å². The molecule has 36 heavy (non-hydrogen) atoms. The van der Waals surface area contributed by atoms with E-state index in [0.717, 1.165) is 30.3 Å². The number of halogens is 3. The maximum Gasteiger partial charge on any atom is 0.266 e. The van der Waals surface area contributed by atoms with Gasteiger partial charge in [-0.3, -0.25) is 0 Å². The fourth-order valence-corrected chi connectivity index (χ4v) is 7.44. The highest BCUT2D eigenvalue weighted by molar-refractivity contribution is 7.93. The number of alkyl halides is 2. The van der Waals surface area contributed by atoms with Crippen LogP contribution in [-0.2, 0) is 14.5 Å². The van der Waals surface area contributed by atoms with Crippen LogP contribution in [0.2, 0.25) is 0 Å². The van der Waals surface area contributed by atoms with Crippen molar-refractivity contribution in [1.29, 1.82) is 0 Å². The molecule has 11 heteroatoms. The van der Waals surface area contributed by atoms with Crippen LogP contribution in [0.5, 0.6) is 0 Å². The van der Waals surface area contributed by atoms with Gasteiger partial charge in [-0.15, -0.1) is 0 Å². The number of benzene rings is 1. The molecule has 0 saturated carbocycles. The Labute approximate surface area is 209 Å². The molecule has 0 bridgehead atoms. The SMILES string of the molecule is C[C@@H](Nc1ncnc2c1C=C(C1CCS(=O)(=NC3COC3)CC1)CN2C)c1cccc(C(F)F)c1F. The van der Waals surface area contributed by atoms with Gasteiger partial charge in [0.2, 0.25) is 0 Å². The fraction of sp³-hybridized carbons (Fsp3) is 0.520. The molecule has 0 aliphatic carbocycles. The van der Waals surface area contributed by atoms with E-state index in [0.29, 0.717) is 37.1 Å². The Morgan fingerprint density at radius 3 is 2.58 bits per heavy atom. The van der Waals surface area contributed by atoms with Gasteiger partial charge in [0, 0.05) is 40.4 Å².